The van der Waals surface area contributed by atoms with E-state index in [1.165, 1.54) is 23.5 Å². The van der Waals surface area contributed by atoms with E-state index in [1.54, 1.807) is 11.3 Å². The molecule has 1 heterocycles. The van der Waals surface area contributed by atoms with Gasteiger partial charge in [-0.3, -0.25) is 0 Å². The summed E-state index contributed by atoms with van der Waals surface area (Å²) < 4.78 is 2.46. The average Bonchev–Trinajstić information content (AvgIpc) is 2.69. The second-order valence-corrected chi connectivity index (χ2v) is 7.71. The molecular weight excluding hydrogens is 409 g/mol. The van der Waals surface area contributed by atoms with Gasteiger partial charge in [0.15, 0.2) is 0 Å². The van der Waals surface area contributed by atoms with Crippen molar-refractivity contribution in [1.82, 2.24) is 0 Å². The van der Waals surface area contributed by atoms with Crippen LogP contribution in [0.25, 0.3) is 0 Å². The number of halogens is 2. The third kappa shape index (κ3) is 3.45. The van der Waals surface area contributed by atoms with Crippen LogP contribution in [0, 0.1) is 10.5 Å². The van der Waals surface area contributed by atoms with Gasteiger partial charge in [0, 0.05) is 14.1 Å². The molecule has 0 fully saturated rings. The third-order valence-corrected chi connectivity index (χ3v) is 5.06. The van der Waals surface area contributed by atoms with Gasteiger partial charge in [-0.25, -0.2) is 0 Å². The van der Waals surface area contributed by atoms with Gasteiger partial charge < -0.3 is 5.32 Å². The van der Waals surface area contributed by atoms with Crippen molar-refractivity contribution in [3.63, 3.8) is 0 Å². The zero-order valence-corrected chi connectivity index (χ0v) is 14.2. The first-order valence-corrected chi connectivity index (χ1v) is 8.03. The highest BCUT2D eigenvalue weighted by molar-refractivity contribution is 14.1. The molecule has 1 N–H and O–H groups in total. The van der Waals surface area contributed by atoms with E-state index in [2.05, 4.69) is 88.0 Å². The second kappa shape index (κ2) is 5.71. The number of thiophene rings is 1. The van der Waals surface area contributed by atoms with Gasteiger partial charge in [0.1, 0.15) is 0 Å². The minimum atomic E-state index is 0.338. The van der Waals surface area contributed by atoms with Crippen LogP contribution in [-0.2, 0) is 0 Å². The van der Waals surface area contributed by atoms with Crippen LogP contribution in [0.15, 0.2) is 34.1 Å². The van der Waals surface area contributed by atoms with Gasteiger partial charge in [-0.15, -0.1) is 11.3 Å². The van der Waals surface area contributed by atoms with E-state index >= 15 is 0 Å². The lowest BCUT2D eigenvalue weighted by atomic mass is 10.2. The van der Waals surface area contributed by atoms with E-state index < -0.39 is 0 Å². The summed E-state index contributed by atoms with van der Waals surface area (Å²) in [5.74, 6) is 0. The fourth-order valence-corrected chi connectivity index (χ4v) is 3.73. The molecule has 2 aromatic rings. The molecule has 0 saturated carbocycles. The molecule has 1 nitrogen and oxygen atoms in total. The Bertz CT molecular complexity index is 524. The van der Waals surface area contributed by atoms with Gasteiger partial charge in [-0.1, -0.05) is 0 Å². The summed E-state index contributed by atoms with van der Waals surface area (Å²) in [6.07, 6.45) is 0. The van der Waals surface area contributed by atoms with Crippen LogP contribution in [0.1, 0.15) is 23.4 Å². The summed E-state index contributed by atoms with van der Waals surface area (Å²) in [4.78, 5) is 1.34. The Balaban J connectivity index is 2.15. The molecular formula is C13H13BrINS. The molecule has 0 radical (unpaired) electrons. The summed E-state index contributed by atoms with van der Waals surface area (Å²) >= 11 is 7.62. The van der Waals surface area contributed by atoms with Crippen molar-refractivity contribution in [1.29, 1.82) is 0 Å². The van der Waals surface area contributed by atoms with Crippen molar-refractivity contribution in [2.45, 2.75) is 19.9 Å². The number of hydrogen-bond donors (Lipinski definition) is 1. The average molecular weight is 422 g/mol. The maximum Gasteiger partial charge on any atom is 0.0702 e. The molecule has 0 aliphatic heterocycles. The fourth-order valence-electron chi connectivity index (χ4n) is 1.65. The van der Waals surface area contributed by atoms with Gasteiger partial charge in [0.05, 0.1) is 9.83 Å². The van der Waals surface area contributed by atoms with Gasteiger partial charge in [-0.05, 0) is 88.3 Å². The lowest BCUT2D eigenvalue weighted by Gasteiger charge is -2.16. The SMILES string of the molecule is Cc1cc(I)ccc1NC(C)c1ccc(Br)s1. The minimum absolute atomic E-state index is 0.338. The van der Waals surface area contributed by atoms with E-state index in [9.17, 15) is 0 Å². The molecule has 17 heavy (non-hydrogen) atoms. The predicted octanol–water partition coefficient (Wildman–Crippen LogP) is 5.60. The summed E-state index contributed by atoms with van der Waals surface area (Å²) in [5, 5.41) is 3.55. The number of rotatable bonds is 3. The monoisotopic (exact) mass is 421 g/mol. The topological polar surface area (TPSA) is 12.0 Å². The number of benzene rings is 1. The van der Waals surface area contributed by atoms with Crippen molar-refractivity contribution in [2.24, 2.45) is 0 Å². The molecule has 0 amide bonds. The van der Waals surface area contributed by atoms with Crippen molar-refractivity contribution in [2.75, 3.05) is 5.32 Å². The molecule has 4 heteroatoms. The molecule has 0 spiro atoms. The van der Waals surface area contributed by atoms with E-state index in [-0.39, 0.29) is 0 Å². The van der Waals surface area contributed by atoms with Gasteiger partial charge in [0.25, 0.3) is 0 Å². The van der Waals surface area contributed by atoms with Crippen molar-refractivity contribution in [3.8, 4) is 0 Å². The summed E-state index contributed by atoms with van der Waals surface area (Å²) in [7, 11) is 0. The van der Waals surface area contributed by atoms with Crippen LogP contribution in [0.4, 0.5) is 5.69 Å². The van der Waals surface area contributed by atoms with Crippen LogP contribution in [0.3, 0.4) is 0 Å². The van der Waals surface area contributed by atoms with Crippen LogP contribution >= 0.6 is 49.9 Å². The first-order valence-electron chi connectivity index (χ1n) is 5.34. The van der Waals surface area contributed by atoms with Gasteiger partial charge in [0.2, 0.25) is 0 Å². The first-order chi connectivity index (χ1) is 8.06. The molecule has 2 rings (SSSR count). The number of nitrogens with one attached hydrogen (secondary N) is 1. The highest BCUT2D eigenvalue weighted by Crippen LogP contribution is 2.30. The molecule has 1 aromatic carbocycles. The smallest absolute Gasteiger partial charge is 0.0702 e. The molecule has 0 bridgehead atoms. The summed E-state index contributed by atoms with van der Waals surface area (Å²) in [6.45, 7) is 4.33. The lowest BCUT2D eigenvalue weighted by Crippen LogP contribution is -2.06. The Morgan fingerprint density at radius 1 is 1.29 bits per heavy atom. The Morgan fingerprint density at radius 3 is 2.65 bits per heavy atom. The molecule has 0 saturated heterocycles. The van der Waals surface area contributed by atoms with Gasteiger partial charge in [-0.2, -0.15) is 0 Å². The maximum atomic E-state index is 3.55. The van der Waals surface area contributed by atoms with E-state index in [1.807, 2.05) is 0 Å². The maximum absolute atomic E-state index is 3.55. The Labute approximate surface area is 128 Å². The third-order valence-electron chi connectivity index (χ3n) is 2.58. The number of anilines is 1. The van der Waals surface area contributed by atoms with Crippen LogP contribution in [0.5, 0.6) is 0 Å². The molecule has 1 unspecified atom stereocenters. The van der Waals surface area contributed by atoms with Crippen LogP contribution in [-0.4, -0.2) is 0 Å². The normalized spacial score (nSPS) is 12.5. The summed E-state index contributed by atoms with van der Waals surface area (Å²) in [5.41, 5.74) is 2.50. The van der Waals surface area contributed by atoms with Gasteiger partial charge >= 0.3 is 0 Å². The van der Waals surface area contributed by atoms with Crippen molar-refractivity contribution in [3.05, 3.63) is 48.1 Å². The molecule has 0 aliphatic rings. The zero-order valence-electron chi connectivity index (χ0n) is 9.63. The Morgan fingerprint density at radius 2 is 2.06 bits per heavy atom. The highest BCUT2D eigenvalue weighted by Gasteiger charge is 2.09. The standard InChI is InChI=1S/C13H13BrINS/c1-8-7-10(15)3-4-11(8)16-9(2)12-5-6-13(14)17-12/h3-7,9,16H,1-2H3. The van der Waals surface area contributed by atoms with Crippen molar-refractivity contribution < 1.29 is 0 Å². The van der Waals surface area contributed by atoms with Crippen LogP contribution in [0.2, 0.25) is 0 Å². The molecule has 0 aliphatic carbocycles. The molecule has 1 atom stereocenters. The minimum Gasteiger partial charge on any atom is -0.377 e. The predicted molar refractivity (Wildman–Crippen MR) is 88.0 cm³/mol. The van der Waals surface area contributed by atoms with E-state index in [0.29, 0.717) is 6.04 Å². The quantitative estimate of drug-likeness (QED) is 0.636. The first kappa shape index (κ1) is 13.4. The summed E-state index contributed by atoms with van der Waals surface area (Å²) in [6, 6.07) is 11.1. The molecule has 90 valence electrons. The Hall–Kier alpha value is -0.0700. The van der Waals surface area contributed by atoms with E-state index in [4.69, 9.17) is 0 Å². The molecule has 1 aromatic heterocycles. The Kier molecular flexibility index (Phi) is 4.49. The fraction of sp³-hybridized carbons (Fsp3) is 0.231. The largest absolute Gasteiger partial charge is 0.377 e. The van der Waals surface area contributed by atoms with E-state index in [0.717, 1.165) is 0 Å². The lowest BCUT2D eigenvalue weighted by molar-refractivity contribution is 0.905. The van der Waals surface area contributed by atoms with Crippen LogP contribution < -0.4 is 5.32 Å². The highest BCUT2D eigenvalue weighted by atomic mass is 127. The zero-order chi connectivity index (χ0) is 12.4. The van der Waals surface area contributed by atoms with Crippen molar-refractivity contribution >= 4 is 55.5 Å². The number of hydrogen-bond acceptors (Lipinski definition) is 2. The second-order valence-electron chi connectivity index (χ2n) is 3.97. The number of aryl methyl sites for hydroxylation is 1.